The van der Waals surface area contributed by atoms with E-state index in [9.17, 15) is 4.39 Å². The Hall–Kier alpha value is -0.700. The Kier molecular flexibility index (Phi) is 2.39. The van der Waals surface area contributed by atoms with Crippen LogP contribution in [0, 0.1) is 5.82 Å². The predicted octanol–water partition coefficient (Wildman–Crippen LogP) is 2.39. The number of aromatic nitrogens is 2. The standard InChI is InChI=1S/C7H8ClFN2/c1-4(2)7-10-3-5(9)6(8)11-7/h3-4H,1-2H3. The third kappa shape index (κ3) is 1.87. The Labute approximate surface area is 69.4 Å². The fourth-order valence-corrected chi connectivity index (χ4v) is 0.772. The second-order valence-corrected chi connectivity index (χ2v) is 2.88. The van der Waals surface area contributed by atoms with Gasteiger partial charge in [-0.05, 0) is 0 Å². The van der Waals surface area contributed by atoms with Gasteiger partial charge in [0.05, 0.1) is 6.20 Å². The first kappa shape index (κ1) is 8.40. The van der Waals surface area contributed by atoms with Gasteiger partial charge in [0.1, 0.15) is 5.82 Å². The summed E-state index contributed by atoms with van der Waals surface area (Å²) in [5.74, 6) is 0.167. The molecule has 60 valence electrons. The number of hydrogen-bond donors (Lipinski definition) is 0. The molecule has 1 aromatic heterocycles. The fraction of sp³-hybridized carbons (Fsp3) is 0.429. The molecule has 1 heterocycles. The van der Waals surface area contributed by atoms with Crippen molar-refractivity contribution >= 4 is 11.6 Å². The topological polar surface area (TPSA) is 25.8 Å². The van der Waals surface area contributed by atoms with Crippen LogP contribution in [0.1, 0.15) is 25.6 Å². The minimum atomic E-state index is -0.573. The third-order valence-corrected chi connectivity index (χ3v) is 1.50. The van der Waals surface area contributed by atoms with Gasteiger partial charge in [-0.1, -0.05) is 25.4 Å². The van der Waals surface area contributed by atoms with E-state index >= 15 is 0 Å². The zero-order valence-electron chi connectivity index (χ0n) is 6.31. The summed E-state index contributed by atoms with van der Waals surface area (Å²) in [7, 11) is 0. The van der Waals surface area contributed by atoms with Gasteiger partial charge in [0.25, 0.3) is 0 Å². The van der Waals surface area contributed by atoms with Gasteiger partial charge in [-0.2, -0.15) is 0 Å². The Morgan fingerprint density at radius 2 is 2.18 bits per heavy atom. The first-order chi connectivity index (χ1) is 5.11. The van der Waals surface area contributed by atoms with Crippen LogP contribution in [-0.4, -0.2) is 9.97 Å². The van der Waals surface area contributed by atoms with E-state index < -0.39 is 5.82 Å². The molecule has 4 heteroatoms. The summed E-state index contributed by atoms with van der Waals surface area (Å²) in [5.41, 5.74) is 0. The monoisotopic (exact) mass is 174 g/mol. The van der Waals surface area contributed by atoms with Gasteiger partial charge < -0.3 is 0 Å². The second kappa shape index (κ2) is 3.13. The van der Waals surface area contributed by atoms with Crippen LogP contribution < -0.4 is 0 Å². The summed E-state index contributed by atoms with van der Waals surface area (Å²) in [6.45, 7) is 3.84. The molecule has 0 fully saturated rings. The molecular weight excluding hydrogens is 167 g/mol. The summed E-state index contributed by atoms with van der Waals surface area (Å²) in [4.78, 5) is 7.52. The van der Waals surface area contributed by atoms with Crippen molar-refractivity contribution in [1.29, 1.82) is 0 Å². The molecule has 0 spiro atoms. The summed E-state index contributed by atoms with van der Waals surface area (Å²) >= 11 is 5.43. The van der Waals surface area contributed by atoms with Crippen LogP contribution in [-0.2, 0) is 0 Å². The Morgan fingerprint density at radius 3 is 2.64 bits per heavy atom. The van der Waals surface area contributed by atoms with Crippen molar-refractivity contribution in [3.63, 3.8) is 0 Å². The van der Waals surface area contributed by atoms with E-state index in [1.165, 1.54) is 0 Å². The second-order valence-electron chi connectivity index (χ2n) is 2.52. The van der Waals surface area contributed by atoms with E-state index in [0.29, 0.717) is 5.82 Å². The summed E-state index contributed by atoms with van der Waals surface area (Å²) in [6.07, 6.45) is 1.09. The summed E-state index contributed by atoms with van der Waals surface area (Å²) < 4.78 is 12.5. The van der Waals surface area contributed by atoms with Crippen LogP contribution in [0.5, 0.6) is 0 Å². The van der Waals surface area contributed by atoms with Crippen molar-refractivity contribution < 1.29 is 4.39 Å². The number of hydrogen-bond acceptors (Lipinski definition) is 2. The lowest BCUT2D eigenvalue weighted by atomic mass is 10.2. The molecule has 0 aromatic carbocycles. The minimum Gasteiger partial charge on any atom is -0.238 e. The minimum absolute atomic E-state index is 0.108. The highest BCUT2D eigenvalue weighted by molar-refractivity contribution is 6.29. The van der Waals surface area contributed by atoms with Gasteiger partial charge in [0.2, 0.25) is 0 Å². The average Bonchev–Trinajstić information content (AvgIpc) is 1.94. The van der Waals surface area contributed by atoms with E-state index in [1.54, 1.807) is 0 Å². The molecule has 0 aliphatic rings. The molecule has 0 aliphatic heterocycles. The number of halogens is 2. The van der Waals surface area contributed by atoms with E-state index in [1.807, 2.05) is 13.8 Å². The quantitative estimate of drug-likeness (QED) is 0.611. The zero-order chi connectivity index (χ0) is 8.43. The number of rotatable bonds is 1. The van der Waals surface area contributed by atoms with Crippen LogP contribution in [0.2, 0.25) is 5.15 Å². The molecule has 0 N–H and O–H groups in total. The van der Waals surface area contributed by atoms with Crippen molar-refractivity contribution in [3.05, 3.63) is 23.0 Å². The Balaban J connectivity index is 3.05. The smallest absolute Gasteiger partial charge is 0.178 e. The van der Waals surface area contributed by atoms with Crippen molar-refractivity contribution in [3.8, 4) is 0 Å². The van der Waals surface area contributed by atoms with Crippen LogP contribution in [0.15, 0.2) is 6.20 Å². The SMILES string of the molecule is CC(C)c1ncc(F)c(Cl)n1. The highest BCUT2D eigenvalue weighted by Crippen LogP contribution is 2.14. The molecule has 0 saturated carbocycles. The first-order valence-corrected chi connectivity index (χ1v) is 3.67. The molecule has 1 aromatic rings. The lowest BCUT2D eigenvalue weighted by molar-refractivity contribution is 0.604. The van der Waals surface area contributed by atoms with Crippen molar-refractivity contribution in [2.24, 2.45) is 0 Å². The molecule has 0 saturated heterocycles. The lowest BCUT2D eigenvalue weighted by Gasteiger charge is -2.02. The van der Waals surface area contributed by atoms with Crippen LogP contribution in [0.3, 0.4) is 0 Å². The zero-order valence-corrected chi connectivity index (χ0v) is 7.06. The van der Waals surface area contributed by atoms with Crippen molar-refractivity contribution in [2.45, 2.75) is 19.8 Å². The van der Waals surface area contributed by atoms with Crippen LogP contribution in [0.4, 0.5) is 4.39 Å². The molecule has 0 unspecified atom stereocenters. The van der Waals surface area contributed by atoms with Gasteiger partial charge in [-0.3, -0.25) is 0 Å². The van der Waals surface area contributed by atoms with E-state index in [4.69, 9.17) is 11.6 Å². The van der Waals surface area contributed by atoms with Gasteiger partial charge in [0, 0.05) is 5.92 Å². The normalized spacial score (nSPS) is 10.6. The molecule has 0 radical (unpaired) electrons. The highest BCUT2D eigenvalue weighted by Gasteiger charge is 2.06. The van der Waals surface area contributed by atoms with Gasteiger partial charge in [0.15, 0.2) is 11.0 Å². The maximum Gasteiger partial charge on any atom is 0.178 e. The molecule has 0 bridgehead atoms. The summed E-state index contributed by atoms with van der Waals surface area (Å²) in [6, 6.07) is 0. The van der Waals surface area contributed by atoms with Crippen LogP contribution >= 0.6 is 11.6 Å². The highest BCUT2D eigenvalue weighted by atomic mass is 35.5. The summed E-state index contributed by atoms with van der Waals surface area (Å²) in [5, 5.41) is -0.108. The molecule has 1 rings (SSSR count). The average molecular weight is 175 g/mol. The van der Waals surface area contributed by atoms with E-state index in [0.717, 1.165) is 6.20 Å². The third-order valence-electron chi connectivity index (χ3n) is 1.24. The Morgan fingerprint density at radius 1 is 1.55 bits per heavy atom. The fourth-order valence-electron chi connectivity index (χ4n) is 0.637. The van der Waals surface area contributed by atoms with Gasteiger partial charge in [-0.25, -0.2) is 14.4 Å². The first-order valence-electron chi connectivity index (χ1n) is 3.29. The van der Waals surface area contributed by atoms with Gasteiger partial charge >= 0.3 is 0 Å². The maximum absolute atomic E-state index is 12.5. The number of nitrogens with zero attached hydrogens (tertiary/aromatic N) is 2. The predicted molar refractivity (Wildman–Crippen MR) is 41.1 cm³/mol. The molecule has 0 atom stereocenters. The largest absolute Gasteiger partial charge is 0.238 e. The lowest BCUT2D eigenvalue weighted by Crippen LogP contribution is -1.98. The molecule has 0 amide bonds. The maximum atomic E-state index is 12.5. The Bertz CT molecular complexity index is 263. The van der Waals surface area contributed by atoms with E-state index in [-0.39, 0.29) is 11.1 Å². The van der Waals surface area contributed by atoms with E-state index in [2.05, 4.69) is 9.97 Å². The van der Waals surface area contributed by atoms with Crippen molar-refractivity contribution in [2.75, 3.05) is 0 Å². The molecular formula is C7H8ClFN2. The molecule has 2 nitrogen and oxygen atoms in total. The van der Waals surface area contributed by atoms with Gasteiger partial charge in [-0.15, -0.1) is 0 Å². The van der Waals surface area contributed by atoms with Crippen molar-refractivity contribution in [1.82, 2.24) is 9.97 Å². The van der Waals surface area contributed by atoms with Crippen LogP contribution in [0.25, 0.3) is 0 Å². The molecule has 0 aliphatic carbocycles. The molecule has 11 heavy (non-hydrogen) atoms.